The normalized spacial score (nSPS) is 23.1. The number of hydrogen-bond acceptors (Lipinski definition) is 3. The van der Waals surface area contributed by atoms with E-state index >= 15 is 0 Å². The van der Waals surface area contributed by atoms with Crippen LogP contribution < -0.4 is 0 Å². The molecule has 1 aliphatic rings. The molecule has 0 aromatic heterocycles. The molecular weight excluding hydrogens is 348 g/mol. The monoisotopic (exact) mass is 386 g/mol. The lowest BCUT2D eigenvalue weighted by molar-refractivity contribution is -0.161. The third-order valence-corrected chi connectivity index (χ3v) is 6.11. The summed E-state index contributed by atoms with van der Waals surface area (Å²) >= 11 is 0. The zero-order valence-electron chi connectivity index (χ0n) is 18.2. The van der Waals surface area contributed by atoms with Crippen molar-refractivity contribution in [2.45, 2.75) is 77.7 Å². The van der Waals surface area contributed by atoms with E-state index in [4.69, 9.17) is 9.47 Å². The van der Waals surface area contributed by atoms with Gasteiger partial charge >= 0.3 is 5.97 Å². The van der Waals surface area contributed by atoms with E-state index in [1.54, 1.807) is 0 Å². The predicted molar refractivity (Wildman–Crippen MR) is 115 cm³/mol. The van der Waals surface area contributed by atoms with Crippen molar-refractivity contribution >= 4 is 5.97 Å². The second-order valence-corrected chi connectivity index (χ2v) is 8.77. The first-order valence-electron chi connectivity index (χ1n) is 10.9. The number of hydrogen-bond donors (Lipinski definition) is 0. The highest BCUT2D eigenvalue weighted by atomic mass is 16.6. The Morgan fingerprint density at radius 2 is 1.93 bits per heavy atom. The largest absolute Gasteiger partial charge is 0.460 e. The molecule has 2 rings (SSSR count). The van der Waals surface area contributed by atoms with Gasteiger partial charge in [0.2, 0.25) is 0 Å². The van der Waals surface area contributed by atoms with Crippen LogP contribution in [0.25, 0.3) is 0 Å². The number of ether oxygens (including phenoxy) is 2. The van der Waals surface area contributed by atoms with Gasteiger partial charge in [0.25, 0.3) is 0 Å². The summed E-state index contributed by atoms with van der Waals surface area (Å²) in [6, 6.07) is 10.6. The van der Waals surface area contributed by atoms with Crippen LogP contribution in [0.1, 0.15) is 71.8 Å². The van der Waals surface area contributed by atoms with E-state index in [9.17, 15) is 4.79 Å². The van der Waals surface area contributed by atoms with Gasteiger partial charge in [-0.15, -0.1) is 0 Å². The summed E-state index contributed by atoms with van der Waals surface area (Å²) in [5.41, 5.74) is 1.28. The van der Waals surface area contributed by atoms with Crippen molar-refractivity contribution in [1.29, 1.82) is 0 Å². The van der Waals surface area contributed by atoms with Crippen LogP contribution in [0, 0.1) is 11.8 Å². The molecule has 0 saturated heterocycles. The van der Waals surface area contributed by atoms with Gasteiger partial charge in [-0.2, -0.15) is 0 Å². The summed E-state index contributed by atoms with van der Waals surface area (Å²) in [5, 5.41) is 0. The minimum atomic E-state index is -0.241. The molecular formula is C25H38O3. The first-order valence-corrected chi connectivity index (χ1v) is 10.9. The highest BCUT2D eigenvalue weighted by Gasteiger charge is 2.41. The van der Waals surface area contributed by atoms with Crippen LogP contribution in [0.3, 0.4) is 0 Å². The van der Waals surface area contributed by atoms with Crippen LogP contribution in [0.5, 0.6) is 0 Å². The fraction of sp³-hybridized carbons (Fsp3) is 0.640. The van der Waals surface area contributed by atoms with Crippen molar-refractivity contribution in [3.05, 3.63) is 48.0 Å². The minimum Gasteiger partial charge on any atom is -0.460 e. The molecule has 0 spiro atoms. The second kappa shape index (κ2) is 11.4. The molecule has 0 amide bonds. The van der Waals surface area contributed by atoms with Crippen molar-refractivity contribution < 1.29 is 14.3 Å². The fourth-order valence-electron chi connectivity index (χ4n) is 4.29. The van der Waals surface area contributed by atoms with Crippen molar-refractivity contribution in [3.63, 3.8) is 0 Å². The molecule has 1 aliphatic carbocycles. The van der Waals surface area contributed by atoms with Gasteiger partial charge in [0, 0.05) is 5.92 Å². The van der Waals surface area contributed by atoms with Crippen LogP contribution in [0.15, 0.2) is 42.5 Å². The third kappa shape index (κ3) is 6.77. The van der Waals surface area contributed by atoms with E-state index in [2.05, 4.69) is 58.0 Å². The van der Waals surface area contributed by atoms with Crippen LogP contribution >= 0.6 is 0 Å². The highest BCUT2D eigenvalue weighted by molar-refractivity contribution is 5.71. The van der Waals surface area contributed by atoms with E-state index in [0.717, 1.165) is 19.3 Å². The number of carbonyl (C=O) groups excluding carboxylic acids is 1. The van der Waals surface area contributed by atoms with E-state index in [-0.39, 0.29) is 24.1 Å². The molecule has 3 atom stereocenters. The number of carbonyl (C=O) groups is 1. The van der Waals surface area contributed by atoms with Crippen molar-refractivity contribution in [2.75, 3.05) is 13.2 Å². The van der Waals surface area contributed by atoms with Crippen molar-refractivity contribution in [3.8, 4) is 0 Å². The molecule has 3 heteroatoms. The molecule has 1 aromatic carbocycles. The first kappa shape index (κ1) is 22.7. The van der Waals surface area contributed by atoms with E-state index < -0.39 is 0 Å². The van der Waals surface area contributed by atoms with Gasteiger partial charge in [-0.1, -0.05) is 89.4 Å². The molecule has 1 aromatic rings. The third-order valence-electron chi connectivity index (χ3n) is 6.11. The van der Waals surface area contributed by atoms with Crippen LogP contribution in [0.4, 0.5) is 0 Å². The van der Waals surface area contributed by atoms with Crippen LogP contribution in [-0.2, 0) is 19.7 Å². The van der Waals surface area contributed by atoms with Gasteiger partial charge in [-0.3, -0.25) is 0 Å². The number of unbranched alkanes of at least 4 members (excludes halogenated alkanes) is 2. The summed E-state index contributed by atoms with van der Waals surface area (Å²) < 4.78 is 11.4. The number of rotatable bonds is 10. The molecule has 156 valence electrons. The van der Waals surface area contributed by atoms with Crippen LogP contribution in [0.2, 0.25) is 0 Å². The van der Waals surface area contributed by atoms with Gasteiger partial charge in [0.05, 0.1) is 6.61 Å². The molecule has 0 heterocycles. The molecule has 0 unspecified atom stereocenters. The summed E-state index contributed by atoms with van der Waals surface area (Å²) in [6.07, 6.45) is 10.7. The molecule has 28 heavy (non-hydrogen) atoms. The summed E-state index contributed by atoms with van der Waals surface area (Å²) in [4.78, 5) is 12.4. The van der Waals surface area contributed by atoms with Gasteiger partial charge in [-0.05, 0) is 36.2 Å². The number of esters is 1. The number of benzene rings is 1. The van der Waals surface area contributed by atoms with E-state index in [1.807, 2.05) is 12.1 Å². The SMILES string of the molecule is CCCC/C=C/COCC(=O)O[C@@H]1C[C@H](C)CC[C@H]1C(C)(C)c1ccccc1. The Kier molecular flexibility index (Phi) is 9.24. The molecule has 0 aliphatic heterocycles. The number of allylic oxidation sites excluding steroid dienone is 1. The van der Waals surface area contributed by atoms with E-state index in [0.29, 0.717) is 18.4 Å². The molecule has 0 N–H and O–H groups in total. The van der Waals surface area contributed by atoms with Crippen LogP contribution in [-0.4, -0.2) is 25.3 Å². The highest BCUT2D eigenvalue weighted by Crippen LogP contribution is 2.43. The average molecular weight is 387 g/mol. The van der Waals surface area contributed by atoms with Crippen molar-refractivity contribution in [1.82, 2.24) is 0 Å². The summed E-state index contributed by atoms with van der Waals surface area (Å²) in [7, 11) is 0. The summed E-state index contributed by atoms with van der Waals surface area (Å²) in [6.45, 7) is 9.49. The Bertz CT molecular complexity index is 605. The zero-order chi connectivity index (χ0) is 20.4. The lowest BCUT2D eigenvalue weighted by Crippen LogP contribution is -2.43. The standard InChI is InChI=1S/C25H38O3/c1-5-6-7-8-12-17-27-19-24(26)28-23-18-20(2)15-16-22(23)25(3,4)21-13-10-9-11-14-21/h8-14,20,22-23H,5-7,15-19H2,1-4H3/b12-8+/t20-,22-,23-/m1/s1. The van der Waals surface area contributed by atoms with E-state index in [1.165, 1.54) is 24.8 Å². The Morgan fingerprint density at radius 1 is 1.18 bits per heavy atom. The second-order valence-electron chi connectivity index (χ2n) is 8.77. The predicted octanol–water partition coefficient (Wildman–Crippen LogP) is 6.08. The first-order chi connectivity index (χ1) is 13.4. The Balaban J connectivity index is 1.91. The van der Waals surface area contributed by atoms with Gasteiger partial charge in [-0.25, -0.2) is 4.79 Å². The molecule has 3 nitrogen and oxygen atoms in total. The summed E-state index contributed by atoms with van der Waals surface area (Å²) in [5.74, 6) is 0.668. The van der Waals surface area contributed by atoms with Gasteiger partial charge in [0.15, 0.2) is 0 Å². The average Bonchev–Trinajstić information content (AvgIpc) is 2.68. The smallest absolute Gasteiger partial charge is 0.332 e. The topological polar surface area (TPSA) is 35.5 Å². The lowest BCUT2D eigenvalue weighted by Gasteiger charge is -2.44. The zero-order valence-corrected chi connectivity index (χ0v) is 18.2. The maximum absolute atomic E-state index is 12.4. The Morgan fingerprint density at radius 3 is 2.64 bits per heavy atom. The van der Waals surface area contributed by atoms with Gasteiger partial charge < -0.3 is 9.47 Å². The molecule has 1 fully saturated rings. The Labute approximate surface area is 171 Å². The Hall–Kier alpha value is -1.61. The molecule has 1 saturated carbocycles. The fourth-order valence-corrected chi connectivity index (χ4v) is 4.29. The quantitative estimate of drug-likeness (QED) is 0.278. The lowest BCUT2D eigenvalue weighted by atomic mass is 9.64. The molecule has 0 radical (unpaired) electrons. The maximum Gasteiger partial charge on any atom is 0.332 e. The van der Waals surface area contributed by atoms with Gasteiger partial charge in [0.1, 0.15) is 12.7 Å². The maximum atomic E-state index is 12.4. The van der Waals surface area contributed by atoms with Crippen molar-refractivity contribution in [2.24, 2.45) is 11.8 Å². The molecule has 0 bridgehead atoms. The minimum absolute atomic E-state index is 0.0293.